The van der Waals surface area contributed by atoms with Gasteiger partial charge in [-0.3, -0.25) is 0 Å². The number of aromatic nitrogens is 1. The zero-order chi connectivity index (χ0) is 12.3. The maximum Gasteiger partial charge on any atom is 0.144 e. The first-order valence-electron chi connectivity index (χ1n) is 5.94. The number of hydrogen-bond acceptors (Lipinski definition) is 4. The van der Waals surface area contributed by atoms with Crippen LogP contribution in [-0.2, 0) is 12.8 Å². The van der Waals surface area contributed by atoms with Gasteiger partial charge in [-0.15, -0.1) is 0 Å². The molecule has 17 heavy (non-hydrogen) atoms. The maximum atomic E-state index is 9.14. The van der Waals surface area contributed by atoms with Crippen molar-refractivity contribution in [1.82, 2.24) is 4.98 Å². The lowest BCUT2D eigenvalue weighted by Gasteiger charge is -2.12. The van der Waals surface area contributed by atoms with E-state index >= 15 is 0 Å². The van der Waals surface area contributed by atoms with Crippen LogP contribution in [0.2, 0.25) is 0 Å². The second-order valence-corrected chi connectivity index (χ2v) is 5.66. The molecule has 0 saturated carbocycles. The summed E-state index contributed by atoms with van der Waals surface area (Å²) < 4.78 is 0. The number of fused-ring (bicyclic) bond motifs is 1. The summed E-state index contributed by atoms with van der Waals surface area (Å²) in [6.45, 7) is 3.01. The van der Waals surface area contributed by atoms with Gasteiger partial charge < -0.3 is 5.32 Å². The minimum atomic E-state index is 0.525. The maximum absolute atomic E-state index is 9.14. The van der Waals surface area contributed by atoms with E-state index in [-0.39, 0.29) is 0 Å². The average Bonchev–Trinajstić information content (AvgIpc) is 2.81. The van der Waals surface area contributed by atoms with Crippen LogP contribution in [0.25, 0.3) is 0 Å². The first-order valence-corrected chi connectivity index (χ1v) is 7.23. The number of nitriles is 1. The van der Waals surface area contributed by atoms with Crippen molar-refractivity contribution >= 4 is 17.6 Å². The Morgan fingerprint density at radius 1 is 1.59 bits per heavy atom. The fraction of sp³-hybridized carbons (Fsp3) is 0.538. The van der Waals surface area contributed by atoms with E-state index in [1.807, 2.05) is 17.8 Å². The first kappa shape index (κ1) is 12.3. The summed E-state index contributed by atoms with van der Waals surface area (Å²) in [5, 5.41) is 13.0. The van der Waals surface area contributed by atoms with Gasteiger partial charge in [-0.25, -0.2) is 4.98 Å². The van der Waals surface area contributed by atoms with Crippen LogP contribution in [0.1, 0.15) is 30.2 Å². The molecule has 4 heteroatoms. The molecule has 1 aromatic heterocycles. The molecule has 90 valence electrons. The van der Waals surface area contributed by atoms with E-state index < -0.39 is 0 Å². The second kappa shape index (κ2) is 5.42. The Kier molecular flexibility index (Phi) is 3.90. The highest BCUT2D eigenvalue weighted by atomic mass is 32.2. The van der Waals surface area contributed by atoms with Crippen molar-refractivity contribution in [1.29, 1.82) is 5.26 Å². The van der Waals surface area contributed by atoms with Gasteiger partial charge in [0.1, 0.15) is 11.9 Å². The van der Waals surface area contributed by atoms with Crippen LogP contribution in [-0.4, -0.2) is 23.0 Å². The Bertz CT molecular complexity index is 451. The van der Waals surface area contributed by atoms with Gasteiger partial charge in [-0.1, -0.05) is 6.92 Å². The molecule has 2 rings (SSSR count). The molecule has 1 N–H and O–H groups in total. The zero-order valence-electron chi connectivity index (χ0n) is 10.3. The molecule has 1 unspecified atom stereocenters. The molecule has 0 bridgehead atoms. The number of nitrogens with zero attached hydrogens (tertiary/aromatic N) is 2. The summed E-state index contributed by atoms with van der Waals surface area (Å²) in [4.78, 5) is 4.59. The molecule has 1 aliphatic carbocycles. The Morgan fingerprint density at radius 3 is 3.12 bits per heavy atom. The molecule has 1 aromatic rings. The van der Waals surface area contributed by atoms with E-state index in [1.165, 1.54) is 11.3 Å². The van der Waals surface area contributed by atoms with Gasteiger partial charge in [0.15, 0.2) is 0 Å². The highest BCUT2D eigenvalue weighted by molar-refractivity contribution is 7.99. The SMILES string of the molecule is CSC(C)CNc1nc2c(cc1C#N)CCC2. The van der Waals surface area contributed by atoms with Gasteiger partial charge in [-0.05, 0) is 37.1 Å². The molecule has 3 nitrogen and oxygen atoms in total. The number of rotatable bonds is 4. The third-order valence-corrected chi connectivity index (χ3v) is 4.10. The Morgan fingerprint density at radius 2 is 2.41 bits per heavy atom. The number of hydrogen-bond donors (Lipinski definition) is 1. The average molecular weight is 247 g/mol. The Labute approximate surface area is 107 Å². The molecule has 0 aliphatic heterocycles. The normalized spacial score (nSPS) is 15.1. The van der Waals surface area contributed by atoms with Crippen molar-refractivity contribution in [2.75, 3.05) is 18.1 Å². The first-order chi connectivity index (χ1) is 8.24. The third kappa shape index (κ3) is 2.73. The number of nitrogens with one attached hydrogen (secondary N) is 1. The van der Waals surface area contributed by atoms with Crippen LogP contribution in [0.3, 0.4) is 0 Å². The van der Waals surface area contributed by atoms with Crippen LogP contribution >= 0.6 is 11.8 Å². The van der Waals surface area contributed by atoms with Crippen LogP contribution in [0.4, 0.5) is 5.82 Å². The topological polar surface area (TPSA) is 48.7 Å². The number of anilines is 1. The van der Waals surface area contributed by atoms with Crippen molar-refractivity contribution in [3.8, 4) is 6.07 Å². The molecule has 1 aliphatic rings. The van der Waals surface area contributed by atoms with Crippen LogP contribution in [0, 0.1) is 11.3 Å². The zero-order valence-corrected chi connectivity index (χ0v) is 11.1. The van der Waals surface area contributed by atoms with E-state index in [9.17, 15) is 0 Å². The van der Waals surface area contributed by atoms with Gasteiger partial charge in [0, 0.05) is 17.5 Å². The summed E-state index contributed by atoms with van der Waals surface area (Å²) >= 11 is 1.81. The summed E-state index contributed by atoms with van der Waals surface area (Å²) in [6.07, 6.45) is 5.37. The minimum Gasteiger partial charge on any atom is -0.368 e. The lowest BCUT2D eigenvalue weighted by molar-refractivity contribution is 0.898. The predicted molar refractivity (Wildman–Crippen MR) is 72.4 cm³/mol. The molecule has 0 spiro atoms. The molecule has 0 amide bonds. The lowest BCUT2D eigenvalue weighted by atomic mass is 10.1. The molecule has 0 aromatic carbocycles. The lowest BCUT2D eigenvalue weighted by Crippen LogP contribution is -2.15. The third-order valence-electron chi connectivity index (χ3n) is 3.13. The van der Waals surface area contributed by atoms with Crippen molar-refractivity contribution < 1.29 is 0 Å². The molecular formula is C13H17N3S. The van der Waals surface area contributed by atoms with E-state index in [0.29, 0.717) is 10.8 Å². The smallest absolute Gasteiger partial charge is 0.144 e. The van der Waals surface area contributed by atoms with Crippen LogP contribution in [0.15, 0.2) is 6.07 Å². The van der Waals surface area contributed by atoms with E-state index in [2.05, 4.69) is 29.5 Å². The number of pyridine rings is 1. The Balaban J connectivity index is 2.18. The van der Waals surface area contributed by atoms with Crippen molar-refractivity contribution in [3.05, 3.63) is 22.9 Å². The number of thioether (sulfide) groups is 1. The van der Waals surface area contributed by atoms with Crippen molar-refractivity contribution in [3.63, 3.8) is 0 Å². The summed E-state index contributed by atoms with van der Waals surface area (Å²) in [6, 6.07) is 4.24. The number of aryl methyl sites for hydroxylation is 2. The summed E-state index contributed by atoms with van der Waals surface area (Å²) in [5.74, 6) is 0.758. The quantitative estimate of drug-likeness (QED) is 0.888. The van der Waals surface area contributed by atoms with Gasteiger partial charge in [0.05, 0.1) is 5.56 Å². The molecule has 1 atom stereocenters. The van der Waals surface area contributed by atoms with Gasteiger partial charge in [0.2, 0.25) is 0 Å². The van der Waals surface area contributed by atoms with E-state index in [0.717, 1.165) is 31.6 Å². The molecule has 0 radical (unpaired) electrons. The highest BCUT2D eigenvalue weighted by Crippen LogP contribution is 2.25. The Hall–Kier alpha value is -1.21. The summed E-state index contributed by atoms with van der Waals surface area (Å²) in [7, 11) is 0. The van der Waals surface area contributed by atoms with Gasteiger partial charge >= 0.3 is 0 Å². The minimum absolute atomic E-state index is 0.525. The van der Waals surface area contributed by atoms with Gasteiger partial charge in [0.25, 0.3) is 0 Å². The van der Waals surface area contributed by atoms with Gasteiger partial charge in [-0.2, -0.15) is 17.0 Å². The molecular weight excluding hydrogens is 230 g/mol. The monoisotopic (exact) mass is 247 g/mol. The van der Waals surface area contributed by atoms with E-state index in [1.54, 1.807) is 0 Å². The second-order valence-electron chi connectivity index (χ2n) is 4.38. The largest absolute Gasteiger partial charge is 0.368 e. The van der Waals surface area contributed by atoms with Crippen molar-refractivity contribution in [2.24, 2.45) is 0 Å². The molecule has 0 saturated heterocycles. The van der Waals surface area contributed by atoms with Crippen molar-refractivity contribution in [2.45, 2.75) is 31.4 Å². The van der Waals surface area contributed by atoms with Crippen LogP contribution < -0.4 is 5.32 Å². The fourth-order valence-corrected chi connectivity index (χ4v) is 2.27. The standard InChI is InChI=1S/C13H17N3S/c1-9(17-2)8-15-13-11(7-14)6-10-4-3-5-12(10)16-13/h6,9H,3-5,8H2,1-2H3,(H,15,16). The summed E-state index contributed by atoms with van der Waals surface area (Å²) in [5.41, 5.74) is 3.10. The van der Waals surface area contributed by atoms with Crippen LogP contribution in [0.5, 0.6) is 0 Å². The van der Waals surface area contributed by atoms with E-state index in [4.69, 9.17) is 5.26 Å². The molecule has 0 fully saturated rings. The highest BCUT2D eigenvalue weighted by Gasteiger charge is 2.16. The fourth-order valence-electron chi connectivity index (χ4n) is 2.02. The predicted octanol–water partition coefficient (Wildman–Crippen LogP) is 2.61. The molecule has 1 heterocycles.